The summed E-state index contributed by atoms with van der Waals surface area (Å²) in [4.78, 5) is 41.8. The largest absolute Gasteiger partial charge is 0.473 e. The molecule has 0 saturated carbocycles. The molecule has 0 saturated heterocycles. The van der Waals surface area contributed by atoms with Gasteiger partial charge in [0, 0.05) is 42.6 Å². The number of nitrogens with zero attached hydrogens (tertiary/aromatic N) is 4. The first-order chi connectivity index (χ1) is 19.1. The number of amides is 1. The van der Waals surface area contributed by atoms with Crippen LogP contribution in [-0.4, -0.2) is 39.5 Å². The number of hydrogen-bond acceptors (Lipinski definition) is 8. The maximum atomic E-state index is 14.1. The van der Waals surface area contributed by atoms with Gasteiger partial charge in [-0.2, -0.15) is 0 Å². The van der Waals surface area contributed by atoms with Crippen LogP contribution in [0, 0.1) is 5.41 Å². The number of anilines is 1. The number of benzene rings is 1. The van der Waals surface area contributed by atoms with Crippen LogP contribution in [0.15, 0.2) is 72.5 Å². The number of ether oxygens (including phenoxy) is 2. The highest BCUT2D eigenvalue weighted by molar-refractivity contribution is 7.14. The van der Waals surface area contributed by atoms with Gasteiger partial charge in [0.2, 0.25) is 11.8 Å². The number of pyridine rings is 2. The zero-order valence-electron chi connectivity index (χ0n) is 23.1. The van der Waals surface area contributed by atoms with Gasteiger partial charge in [-0.1, -0.05) is 24.3 Å². The van der Waals surface area contributed by atoms with E-state index in [2.05, 4.69) is 9.97 Å². The first-order valence-corrected chi connectivity index (χ1v) is 14.0. The topological polar surface area (TPSA) is 94.5 Å². The molecule has 1 aliphatic rings. The number of hydrogen-bond donors (Lipinski definition) is 0. The molecule has 9 heteroatoms. The second kappa shape index (κ2) is 11.2. The highest BCUT2D eigenvalue weighted by atomic mass is 32.1. The molecule has 40 heavy (non-hydrogen) atoms. The van der Waals surface area contributed by atoms with Gasteiger partial charge in [-0.25, -0.2) is 9.97 Å². The molecule has 0 fully saturated rings. The Balaban J connectivity index is 1.31. The molecule has 0 radical (unpaired) electrons. The average Bonchev–Trinajstić information content (AvgIpc) is 3.56. The van der Waals surface area contributed by atoms with Crippen molar-refractivity contribution in [2.45, 2.75) is 52.2 Å². The Morgan fingerprint density at radius 2 is 1.73 bits per heavy atom. The van der Waals surface area contributed by atoms with Crippen LogP contribution in [0.2, 0.25) is 0 Å². The fourth-order valence-corrected chi connectivity index (χ4v) is 5.74. The van der Waals surface area contributed by atoms with Crippen molar-refractivity contribution < 1.29 is 19.1 Å². The maximum absolute atomic E-state index is 14.1. The number of thiazole rings is 1. The third-order valence-corrected chi connectivity index (χ3v) is 7.70. The van der Waals surface area contributed by atoms with Crippen molar-refractivity contribution in [3.63, 3.8) is 0 Å². The van der Waals surface area contributed by atoms with Crippen LogP contribution in [0.25, 0.3) is 11.3 Å². The molecule has 0 bridgehead atoms. The minimum absolute atomic E-state index is 0.00519. The van der Waals surface area contributed by atoms with E-state index in [1.54, 1.807) is 36.6 Å². The summed E-state index contributed by atoms with van der Waals surface area (Å²) in [6.45, 7) is 5.90. The van der Waals surface area contributed by atoms with Gasteiger partial charge in [-0.15, -0.1) is 11.3 Å². The van der Waals surface area contributed by atoms with Gasteiger partial charge in [-0.05, 0) is 68.5 Å². The molecule has 0 spiro atoms. The highest BCUT2D eigenvalue weighted by Gasteiger charge is 2.48. The Kier molecular flexibility index (Phi) is 7.67. The number of rotatable bonds is 8. The summed E-state index contributed by atoms with van der Waals surface area (Å²) in [6.07, 6.45) is 6.12. The number of esters is 1. The normalized spacial score (nSPS) is 13.9. The van der Waals surface area contributed by atoms with E-state index in [0.717, 1.165) is 22.3 Å². The Morgan fingerprint density at radius 3 is 2.35 bits per heavy atom. The summed E-state index contributed by atoms with van der Waals surface area (Å²) in [5.41, 5.74) is 3.15. The van der Waals surface area contributed by atoms with Gasteiger partial charge in [0.15, 0.2) is 5.13 Å². The van der Waals surface area contributed by atoms with E-state index in [1.165, 1.54) is 11.3 Å². The van der Waals surface area contributed by atoms with E-state index in [9.17, 15) is 9.59 Å². The standard InChI is InChI=1S/C31H32N4O4S/c1-30(2,3)39-27(36)17-31(15-22-7-5-6-8-23(22)16-31)28(37)35(4)29-34-25(20-40-29)24-9-10-26(33-18-24)38-19-21-11-13-32-14-12-21/h5-14,18,20H,15-17,19H2,1-4H3. The van der Waals surface area contributed by atoms with Crippen molar-refractivity contribution in [2.75, 3.05) is 11.9 Å². The first kappa shape index (κ1) is 27.5. The summed E-state index contributed by atoms with van der Waals surface area (Å²) in [5, 5.41) is 2.45. The molecule has 5 rings (SSSR count). The number of carbonyl (C=O) groups excluding carboxylic acids is 2. The quantitative estimate of drug-likeness (QED) is 0.259. The third-order valence-electron chi connectivity index (χ3n) is 6.78. The van der Waals surface area contributed by atoms with Crippen LogP contribution < -0.4 is 9.64 Å². The molecule has 1 aromatic carbocycles. The maximum Gasteiger partial charge on any atom is 0.307 e. The minimum atomic E-state index is -0.929. The smallest absolute Gasteiger partial charge is 0.307 e. The predicted octanol–water partition coefficient (Wildman–Crippen LogP) is 5.66. The lowest BCUT2D eigenvalue weighted by Crippen LogP contribution is -2.45. The minimum Gasteiger partial charge on any atom is -0.473 e. The van der Waals surface area contributed by atoms with Crippen LogP contribution in [0.3, 0.4) is 0 Å². The molecule has 206 valence electrons. The molecule has 4 aromatic rings. The van der Waals surface area contributed by atoms with Gasteiger partial charge in [0.05, 0.1) is 17.5 Å². The van der Waals surface area contributed by atoms with Gasteiger partial charge in [0.1, 0.15) is 12.2 Å². The molecule has 0 unspecified atom stereocenters. The van der Waals surface area contributed by atoms with Gasteiger partial charge < -0.3 is 9.47 Å². The molecule has 8 nitrogen and oxygen atoms in total. The molecule has 1 amide bonds. The van der Waals surface area contributed by atoms with Crippen LogP contribution in [0.5, 0.6) is 5.88 Å². The van der Waals surface area contributed by atoms with Crippen LogP contribution in [0.4, 0.5) is 5.13 Å². The third kappa shape index (κ3) is 6.20. The Labute approximate surface area is 238 Å². The van der Waals surface area contributed by atoms with E-state index in [4.69, 9.17) is 14.5 Å². The van der Waals surface area contributed by atoms with E-state index >= 15 is 0 Å². The second-order valence-corrected chi connectivity index (χ2v) is 11.9. The molecule has 3 aromatic heterocycles. The fourth-order valence-electron chi connectivity index (χ4n) is 4.95. The van der Waals surface area contributed by atoms with Crippen molar-refractivity contribution in [3.8, 4) is 17.1 Å². The Morgan fingerprint density at radius 1 is 1.02 bits per heavy atom. The number of aromatic nitrogens is 3. The Hall–Kier alpha value is -4.11. The summed E-state index contributed by atoms with van der Waals surface area (Å²) < 4.78 is 11.4. The van der Waals surface area contributed by atoms with Crippen LogP contribution in [0.1, 0.15) is 43.9 Å². The molecule has 0 N–H and O–H groups in total. The molecule has 3 heterocycles. The summed E-state index contributed by atoms with van der Waals surface area (Å²) >= 11 is 1.38. The van der Waals surface area contributed by atoms with Crippen LogP contribution in [-0.2, 0) is 33.8 Å². The van der Waals surface area contributed by atoms with Gasteiger partial charge in [0.25, 0.3) is 0 Å². The molecule has 0 atom stereocenters. The van der Waals surface area contributed by atoms with Gasteiger partial charge in [-0.3, -0.25) is 19.5 Å². The van der Waals surface area contributed by atoms with E-state index in [1.807, 2.05) is 68.6 Å². The van der Waals surface area contributed by atoms with Crippen LogP contribution >= 0.6 is 11.3 Å². The highest BCUT2D eigenvalue weighted by Crippen LogP contribution is 2.43. The first-order valence-electron chi connectivity index (χ1n) is 13.1. The Bertz CT molecular complexity index is 1470. The van der Waals surface area contributed by atoms with Crippen molar-refractivity contribution in [1.29, 1.82) is 0 Å². The van der Waals surface area contributed by atoms with Crippen molar-refractivity contribution >= 4 is 28.3 Å². The average molecular weight is 557 g/mol. The second-order valence-electron chi connectivity index (χ2n) is 11.1. The van der Waals surface area contributed by atoms with E-state index in [-0.39, 0.29) is 18.3 Å². The zero-order chi connectivity index (χ0) is 28.3. The number of carbonyl (C=O) groups is 2. The lowest BCUT2D eigenvalue weighted by Gasteiger charge is -2.31. The molecular weight excluding hydrogens is 524 g/mol. The lowest BCUT2D eigenvalue weighted by atomic mass is 9.80. The summed E-state index contributed by atoms with van der Waals surface area (Å²) in [5.74, 6) is -0.0131. The fraction of sp³-hybridized carbons (Fsp3) is 0.323. The van der Waals surface area contributed by atoms with Crippen molar-refractivity contribution in [3.05, 3.63) is 89.2 Å². The number of fused-ring (bicyclic) bond motifs is 1. The van der Waals surface area contributed by atoms with E-state index in [0.29, 0.717) is 36.2 Å². The SMILES string of the molecule is CN(C(=O)C1(CC(=O)OC(C)(C)C)Cc2ccccc2C1)c1nc(-c2ccc(OCc3ccncc3)nc2)cs1. The summed E-state index contributed by atoms with van der Waals surface area (Å²) in [7, 11) is 1.72. The predicted molar refractivity (Wildman–Crippen MR) is 154 cm³/mol. The van der Waals surface area contributed by atoms with E-state index < -0.39 is 11.0 Å². The zero-order valence-corrected chi connectivity index (χ0v) is 23.9. The van der Waals surface area contributed by atoms with Crippen molar-refractivity contribution in [1.82, 2.24) is 15.0 Å². The molecule has 1 aliphatic carbocycles. The van der Waals surface area contributed by atoms with Crippen molar-refractivity contribution in [2.24, 2.45) is 5.41 Å². The molecular formula is C31H32N4O4S. The lowest BCUT2D eigenvalue weighted by molar-refractivity contribution is -0.159. The summed E-state index contributed by atoms with van der Waals surface area (Å²) in [6, 6.07) is 15.5. The molecule has 0 aliphatic heterocycles. The monoisotopic (exact) mass is 556 g/mol. The van der Waals surface area contributed by atoms with Gasteiger partial charge >= 0.3 is 5.97 Å².